The van der Waals surface area contributed by atoms with E-state index < -0.39 is 0 Å². The van der Waals surface area contributed by atoms with E-state index >= 15 is 0 Å². The molecule has 68 valence electrons. The van der Waals surface area contributed by atoms with Crippen molar-refractivity contribution in [2.45, 2.75) is 52.6 Å². The Morgan fingerprint density at radius 2 is 1.82 bits per heavy atom. The Morgan fingerprint density at radius 3 is 1.91 bits per heavy atom. The van der Waals surface area contributed by atoms with Crippen molar-refractivity contribution in [3.63, 3.8) is 0 Å². The first-order valence-electron chi connectivity index (χ1n) is 4.68. The number of hydrogen-bond donors (Lipinski definition) is 0. The Labute approximate surface area is 71.1 Å². The molecule has 0 saturated heterocycles. The van der Waals surface area contributed by atoms with Gasteiger partial charge in [0.1, 0.15) is 0 Å². The zero-order valence-electron chi connectivity index (χ0n) is 8.61. The van der Waals surface area contributed by atoms with Crippen LogP contribution in [-0.2, 0) is 4.74 Å². The van der Waals surface area contributed by atoms with Crippen LogP contribution in [0.5, 0.6) is 0 Å². The normalized spacial score (nSPS) is 16.9. The third-order valence-electron chi connectivity index (χ3n) is 2.73. The molecule has 0 aliphatic carbocycles. The first-order chi connectivity index (χ1) is 5.13. The Morgan fingerprint density at radius 1 is 1.27 bits per heavy atom. The van der Waals surface area contributed by atoms with E-state index in [0.717, 1.165) is 6.42 Å². The van der Waals surface area contributed by atoms with Gasteiger partial charge in [-0.15, -0.1) is 0 Å². The summed E-state index contributed by atoms with van der Waals surface area (Å²) in [6, 6.07) is 0. The zero-order chi connectivity index (χ0) is 8.91. The second kappa shape index (κ2) is 4.76. The quantitative estimate of drug-likeness (QED) is 0.597. The van der Waals surface area contributed by atoms with Crippen molar-refractivity contribution >= 4 is 0 Å². The van der Waals surface area contributed by atoms with Gasteiger partial charge in [0.2, 0.25) is 0 Å². The van der Waals surface area contributed by atoms with E-state index in [0.29, 0.717) is 5.92 Å². The summed E-state index contributed by atoms with van der Waals surface area (Å²) in [5.41, 5.74) is 0.134. The number of ether oxygens (including phenoxy) is 1. The lowest BCUT2D eigenvalue weighted by Crippen LogP contribution is -2.36. The van der Waals surface area contributed by atoms with Gasteiger partial charge in [-0.1, -0.05) is 34.1 Å². The molecule has 11 heavy (non-hydrogen) atoms. The lowest BCUT2D eigenvalue weighted by molar-refractivity contribution is -0.0576. The minimum atomic E-state index is 0.134. The fourth-order valence-corrected chi connectivity index (χ4v) is 1.78. The van der Waals surface area contributed by atoms with Crippen LogP contribution in [0.15, 0.2) is 0 Å². The fourth-order valence-electron chi connectivity index (χ4n) is 1.78. The Bertz CT molecular complexity index is 93.0. The van der Waals surface area contributed by atoms with Gasteiger partial charge in [0.25, 0.3) is 0 Å². The van der Waals surface area contributed by atoms with Crippen molar-refractivity contribution < 1.29 is 4.74 Å². The molecule has 0 saturated carbocycles. The Kier molecular flexibility index (Phi) is 4.74. The molecule has 0 spiro atoms. The summed E-state index contributed by atoms with van der Waals surface area (Å²) in [5.74, 6) is 0.623. The molecule has 0 N–H and O–H groups in total. The number of hydrogen-bond acceptors (Lipinski definition) is 1. The van der Waals surface area contributed by atoms with Gasteiger partial charge in [0, 0.05) is 7.11 Å². The molecular weight excluding hydrogens is 136 g/mol. The van der Waals surface area contributed by atoms with Crippen molar-refractivity contribution in [2.24, 2.45) is 5.92 Å². The molecule has 0 heterocycles. The van der Waals surface area contributed by atoms with Crippen LogP contribution in [0.25, 0.3) is 0 Å². The molecule has 0 aliphatic rings. The van der Waals surface area contributed by atoms with Crippen molar-refractivity contribution in [3.8, 4) is 0 Å². The van der Waals surface area contributed by atoms with Gasteiger partial charge >= 0.3 is 0 Å². The minimum absolute atomic E-state index is 0.134. The molecule has 1 heteroatoms. The largest absolute Gasteiger partial charge is 0.378 e. The first kappa shape index (κ1) is 11.0. The van der Waals surface area contributed by atoms with Crippen LogP contribution >= 0.6 is 0 Å². The molecule has 0 unspecified atom stereocenters. The lowest BCUT2D eigenvalue weighted by atomic mass is 9.83. The van der Waals surface area contributed by atoms with Gasteiger partial charge in [-0.3, -0.25) is 0 Å². The molecule has 0 fully saturated rings. The first-order valence-corrected chi connectivity index (χ1v) is 4.68. The highest BCUT2D eigenvalue weighted by Gasteiger charge is 2.30. The second-order valence-corrected chi connectivity index (χ2v) is 3.53. The molecule has 0 bridgehead atoms. The van der Waals surface area contributed by atoms with Crippen molar-refractivity contribution in [1.82, 2.24) is 0 Å². The van der Waals surface area contributed by atoms with E-state index in [4.69, 9.17) is 4.74 Å². The van der Waals surface area contributed by atoms with E-state index in [2.05, 4.69) is 27.7 Å². The summed E-state index contributed by atoms with van der Waals surface area (Å²) in [6.45, 7) is 8.90. The average Bonchev–Trinajstić information content (AvgIpc) is 2.00. The molecule has 0 amide bonds. The molecule has 0 aromatic carbocycles. The van der Waals surface area contributed by atoms with Crippen LogP contribution in [-0.4, -0.2) is 12.7 Å². The lowest BCUT2D eigenvalue weighted by Gasteiger charge is -2.35. The maximum Gasteiger partial charge on any atom is 0.0698 e. The zero-order valence-corrected chi connectivity index (χ0v) is 8.61. The molecule has 0 aromatic heterocycles. The van der Waals surface area contributed by atoms with Gasteiger partial charge in [-0.05, 0) is 18.8 Å². The summed E-state index contributed by atoms with van der Waals surface area (Å²) in [7, 11) is 1.83. The Balaban J connectivity index is 4.20. The summed E-state index contributed by atoms with van der Waals surface area (Å²) in [4.78, 5) is 0. The molecule has 0 aliphatic heterocycles. The SMILES string of the molecule is CCC[C@@](CC)(OC)C(C)C. The van der Waals surface area contributed by atoms with Crippen LogP contribution in [0.2, 0.25) is 0 Å². The monoisotopic (exact) mass is 158 g/mol. The third-order valence-corrected chi connectivity index (χ3v) is 2.73. The summed E-state index contributed by atoms with van der Waals surface area (Å²) in [5, 5.41) is 0. The number of rotatable bonds is 5. The van der Waals surface area contributed by atoms with Crippen LogP contribution in [0.1, 0.15) is 47.0 Å². The standard InChI is InChI=1S/C10H22O/c1-6-8-10(7-2,11-5)9(3)4/h9H,6-8H2,1-5H3/t10-/m1/s1. The van der Waals surface area contributed by atoms with Gasteiger partial charge in [0.05, 0.1) is 5.60 Å². The summed E-state index contributed by atoms with van der Waals surface area (Å²) < 4.78 is 5.59. The fraction of sp³-hybridized carbons (Fsp3) is 1.00. The smallest absolute Gasteiger partial charge is 0.0698 e. The van der Waals surface area contributed by atoms with Gasteiger partial charge in [0.15, 0.2) is 0 Å². The average molecular weight is 158 g/mol. The van der Waals surface area contributed by atoms with Gasteiger partial charge < -0.3 is 4.74 Å². The maximum atomic E-state index is 5.59. The molecule has 1 atom stereocenters. The van der Waals surface area contributed by atoms with E-state index in [1.807, 2.05) is 7.11 Å². The predicted molar refractivity (Wildman–Crippen MR) is 49.8 cm³/mol. The Hall–Kier alpha value is -0.0400. The van der Waals surface area contributed by atoms with E-state index in [1.54, 1.807) is 0 Å². The highest BCUT2D eigenvalue weighted by Crippen LogP contribution is 2.29. The maximum absolute atomic E-state index is 5.59. The van der Waals surface area contributed by atoms with Crippen molar-refractivity contribution in [1.29, 1.82) is 0 Å². The van der Waals surface area contributed by atoms with Gasteiger partial charge in [-0.25, -0.2) is 0 Å². The summed E-state index contributed by atoms with van der Waals surface area (Å²) >= 11 is 0. The van der Waals surface area contributed by atoms with Gasteiger partial charge in [-0.2, -0.15) is 0 Å². The minimum Gasteiger partial charge on any atom is -0.378 e. The van der Waals surface area contributed by atoms with E-state index in [-0.39, 0.29) is 5.60 Å². The van der Waals surface area contributed by atoms with E-state index in [1.165, 1.54) is 12.8 Å². The molecule has 0 aromatic rings. The predicted octanol–water partition coefficient (Wildman–Crippen LogP) is 3.24. The highest BCUT2D eigenvalue weighted by atomic mass is 16.5. The van der Waals surface area contributed by atoms with Crippen LogP contribution in [0.3, 0.4) is 0 Å². The topological polar surface area (TPSA) is 9.23 Å². The van der Waals surface area contributed by atoms with Crippen LogP contribution in [0.4, 0.5) is 0 Å². The third kappa shape index (κ3) is 2.48. The summed E-state index contributed by atoms with van der Waals surface area (Å²) in [6.07, 6.45) is 3.51. The highest BCUT2D eigenvalue weighted by molar-refractivity contribution is 4.81. The van der Waals surface area contributed by atoms with Crippen LogP contribution in [0, 0.1) is 5.92 Å². The molecule has 0 radical (unpaired) electrons. The molecular formula is C10H22O. The van der Waals surface area contributed by atoms with Crippen molar-refractivity contribution in [2.75, 3.05) is 7.11 Å². The second-order valence-electron chi connectivity index (χ2n) is 3.53. The van der Waals surface area contributed by atoms with Crippen molar-refractivity contribution in [3.05, 3.63) is 0 Å². The van der Waals surface area contributed by atoms with E-state index in [9.17, 15) is 0 Å². The van der Waals surface area contributed by atoms with Crippen LogP contribution < -0.4 is 0 Å². The molecule has 0 rings (SSSR count). The number of methoxy groups -OCH3 is 1. The molecule has 1 nitrogen and oxygen atoms in total.